The molecule has 11 nitrogen and oxygen atoms in total. The second-order valence-electron chi connectivity index (χ2n) is 7.33. The molecular formula is C22H17N3O8S. The molecule has 1 N–H and O–H groups in total. The van der Waals surface area contributed by atoms with Gasteiger partial charge in [0.1, 0.15) is 10.6 Å². The number of esters is 1. The zero-order valence-corrected chi connectivity index (χ0v) is 18.9. The predicted molar refractivity (Wildman–Crippen MR) is 119 cm³/mol. The van der Waals surface area contributed by atoms with Gasteiger partial charge in [-0.05, 0) is 31.5 Å². The minimum Gasteiger partial charge on any atom is -0.503 e. The lowest BCUT2D eigenvalue weighted by Gasteiger charge is -2.24. The summed E-state index contributed by atoms with van der Waals surface area (Å²) in [6.45, 7) is 3.17. The van der Waals surface area contributed by atoms with E-state index in [9.17, 15) is 29.6 Å². The number of methoxy groups -OCH3 is 1. The largest absolute Gasteiger partial charge is 0.503 e. The molecule has 0 saturated carbocycles. The number of thiazole rings is 1. The van der Waals surface area contributed by atoms with Gasteiger partial charge >= 0.3 is 5.97 Å². The van der Waals surface area contributed by atoms with Crippen LogP contribution < -0.4 is 4.90 Å². The fourth-order valence-electron chi connectivity index (χ4n) is 3.61. The van der Waals surface area contributed by atoms with Crippen molar-refractivity contribution in [3.8, 4) is 0 Å². The van der Waals surface area contributed by atoms with E-state index in [2.05, 4.69) is 4.98 Å². The van der Waals surface area contributed by atoms with Crippen molar-refractivity contribution in [2.75, 3.05) is 12.0 Å². The van der Waals surface area contributed by atoms with E-state index >= 15 is 0 Å². The highest BCUT2D eigenvalue weighted by atomic mass is 32.1. The second-order valence-corrected chi connectivity index (χ2v) is 8.31. The summed E-state index contributed by atoms with van der Waals surface area (Å²) in [6, 6.07) is 7.03. The first-order chi connectivity index (χ1) is 16.1. The zero-order valence-electron chi connectivity index (χ0n) is 18.1. The molecule has 0 fully saturated rings. The predicted octanol–water partition coefficient (Wildman–Crippen LogP) is 3.83. The number of nitro benzene ring substituents is 1. The van der Waals surface area contributed by atoms with Crippen LogP contribution in [0.1, 0.15) is 43.3 Å². The number of non-ortho nitro benzene ring substituents is 1. The van der Waals surface area contributed by atoms with Crippen LogP contribution in [0.4, 0.5) is 10.8 Å². The molecule has 3 heterocycles. The molecular weight excluding hydrogens is 466 g/mol. The van der Waals surface area contributed by atoms with Crippen LogP contribution in [0.2, 0.25) is 0 Å². The molecule has 1 atom stereocenters. The molecule has 1 aliphatic heterocycles. The number of aliphatic hydroxyl groups is 1. The molecule has 0 saturated heterocycles. The van der Waals surface area contributed by atoms with Gasteiger partial charge in [-0.2, -0.15) is 0 Å². The Labute approximate surface area is 196 Å². The summed E-state index contributed by atoms with van der Waals surface area (Å²) in [5.41, 5.74) is -0.140. The normalized spacial score (nSPS) is 15.7. The zero-order chi connectivity index (χ0) is 24.7. The van der Waals surface area contributed by atoms with E-state index in [1.807, 2.05) is 0 Å². The van der Waals surface area contributed by atoms with Crippen LogP contribution in [0.15, 0.2) is 52.1 Å². The fraction of sp³-hybridized carbons (Fsp3) is 0.182. The highest BCUT2D eigenvalue weighted by Gasteiger charge is 2.47. The van der Waals surface area contributed by atoms with Gasteiger partial charge in [-0.15, -0.1) is 0 Å². The highest BCUT2D eigenvalue weighted by molar-refractivity contribution is 7.17. The van der Waals surface area contributed by atoms with E-state index in [0.29, 0.717) is 5.76 Å². The van der Waals surface area contributed by atoms with Gasteiger partial charge in [0, 0.05) is 12.1 Å². The number of anilines is 1. The molecule has 2 aromatic heterocycles. The molecule has 3 aromatic rings. The number of rotatable bonds is 6. The minimum absolute atomic E-state index is 0.00406. The molecule has 0 spiro atoms. The number of ketones is 1. The van der Waals surface area contributed by atoms with Gasteiger partial charge in [-0.25, -0.2) is 9.78 Å². The van der Waals surface area contributed by atoms with Gasteiger partial charge in [0.15, 0.2) is 16.7 Å². The number of furan rings is 1. The van der Waals surface area contributed by atoms with E-state index in [0.717, 1.165) is 16.2 Å². The quantitative estimate of drug-likeness (QED) is 0.238. The fourth-order valence-corrected chi connectivity index (χ4v) is 4.63. The summed E-state index contributed by atoms with van der Waals surface area (Å²) < 4.78 is 10.1. The molecule has 1 aliphatic rings. The maximum atomic E-state index is 13.3. The summed E-state index contributed by atoms with van der Waals surface area (Å²) in [6.07, 6.45) is 0. The number of carbonyl (C=O) groups is 3. The Morgan fingerprint density at radius 1 is 1.26 bits per heavy atom. The van der Waals surface area contributed by atoms with Crippen molar-refractivity contribution < 1.29 is 33.6 Å². The number of aromatic nitrogens is 1. The van der Waals surface area contributed by atoms with E-state index in [4.69, 9.17) is 9.15 Å². The number of amides is 1. The van der Waals surface area contributed by atoms with Gasteiger partial charge in [0.25, 0.3) is 11.6 Å². The topological polar surface area (TPSA) is 153 Å². The Morgan fingerprint density at radius 2 is 2.00 bits per heavy atom. The summed E-state index contributed by atoms with van der Waals surface area (Å²) in [5, 5.41) is 22.1. The highest BCUT2D eigenvalue weighted by Crippen LogP contribution is 2.44. The molecule has 1 amide bonds. The van der Waals surface area contributed by atoms with Crippen molar-refractivity contribution in [3.63, 3.8) is 0 Å². The lowest BCUT2D eigenvalue weighted by atomic mass is 9.95. The first-order valence-corrected chi connectivity index (χ1v) is 10.6. The number of hydrogen-bond acceptors (Lipinski definition) is 10. The number of hydrogen-bond donors (Lipinski definition) is 1. The third-order valence-electron chi connectivity index (χ3n) is 5.18. The standard InChI is InChI=1S/C22H17N3O8S/c1-10-7-8-14(33-10)17(26)15-16(12-5-4-6-13(9-12)25(30)31)24(20(28)18(15)27)22-23-11(2)19(34-22)21(29)32-3/h4-9,16,27H,1-3H3/t16-/m0/s1. The van der Waals surface area contributed by atoms with Crippen LogP contribution in [0.5, 0.6) is 0 Å². The number of benzene rings is 1. The molecule has 0 bridgehead atoms. The van der Waals surface area contributed by atoms with Crippen molar-refractivity contribution in [1.29, 1.82) is 0 Å². The summed E-state index contributed by atoms with van der Waals surface area (Å²) in [4.78, 5) is 54.7. The Kier molecular flexibility index (Phi) is 5.75. The van der Waals surface area contributed by atoms with Crippen LogP contribution in [-0.2, 0) is 9.53 Å². The minimum atomic E-state index is -1.26. The molecule has 0 radical (unpaired) electrons. The molecule has 4 rings (SSSR count). The maximum Gasteiger partial charge on any atom is 0.350 e. The van der Waals surface area contributed by atoms with E-state index in [-0.39, 0.29) is 38.3 Å². The summed E-state index contributed by atoms with van der Waals surface area (Å²) >= 11 is 0.831. The SMILES string of the molecule is COC(=O)c1sc(N2C(=O)C(O)=C(C(=O)c3ccc(C)o3)[C@@H]2c2cccc([N+](=O)[O-])c2)nc1C. The van der Waals surface area contributed by atoms with E-state index < -0.39 is 34.4 Å². The molecule has 174 valence electrons. The molecule has 1 aromatic carbocycles. The number of nitro groups is 1. The molecule has 12 heteroatoms. The molecule has 0 unspecified atom stereocenters. The van der Waals surface area contributed by atoms with Crippen molar-refractivity contribution in [2.45, 2.75) is 19.9 Å². The first kappa shape index (κ1) is 22.9. The van der Waals surface area contributed by atoms with Crippen LogP contribution >= 0.6 is 11.3 Å². The van der Waals surface area contributed by atoms with Crippen LogP contribution in [0.3, 0.4) is 0 Å². The molecule has 0 aliphatic carbocycles. The lowest BCUT2D eigenvalue weighted by Crippen LogP contribution is -2.31. The smallest absolute Gasteiger partial charge is 0.350 e. The number of nitrogens with zero attached hydrogens (tertiary/aromatic N) is 3. The average molecular weight is 483 g/mol. The third kappa shape index (κ3) is 3.73. The van der Waals surface area contributed by atoms with E-state index in [1.54, 1.807) is 19.9 Å². The van der Waals surface area contributed by atoms with Crippen molar-refractivity contribution >= 4 is 39.8 Å². The summed E-state index contributed by atoms with van der Waals surface area (Å²) in [7, 11) is 1.20. The summed E-state index contributed by atoms with van der Waals surface area (Å²) in [5.74, 6) is -2.90. The lowest BCUT2D eigenvalue weighted by molar-refractivity contribution is -0.384. The van der Waals surface area contributed by atoms with E-state index in [1.165, 1.54) is 37.4 Å². The van der Waals surface area contributed by atoms with Crippen molar-refractivity contribution in [1.82, 2.24) is 4.98 Å². The Bertz CT molecular complexity index is 1390. The number of aryl methyl sites for hydroxylation is 2. The Morgan fingerprint density at radius 3 is 2.62 bits per heavy atom. The Balaban J connectivity index is 1.91. The van der Waals surface area contributed by atoms with Gasteiger partial charge in [-0.1, -0.05) is 23.5 Å². The third-order valence-corrected chi connectivity index (χ3v) is 6.31. The van der Waals surface area contributed by atoms with Crippen molar-refractivity contribution in [2.24, 2.45) is 0 Å². The first-order valence-electron chi connectivity index (χ1n) is 9.82. The van der Waals surface area contributed by atoms with Crippen LogP contribution in [0, 0.1) is 24.0 Å². The number of ether oxygens (including phenoxy) is 1. The monoisotopic (exact) mass is 483 g/mol. The van der Waals surface area contributed by atoms with Crippen LogP contribution in [-0.4, -0.2) is 39.8 Å². The van der Waals surface area contributed by atoms with Gasteiger partial charge < -0.3 is 14.3 Å². The number of aliphatic hydroxyl groups excluding tert-OH is 1. The maximum absolute atomic E-state index is 13.3. The van der Waals surface area contributed by atoms with Gasteiger partial charge in [0.05, 0.1) is 29.3 Å². The second kappa shape index (κ2) is 8.56. The van der Waals surface area contributed by atoms with Crippen molar-refractivity contribution in [3.05, 3.63) is 85.5 Å². The average Bonchev–Trinajstić information content (AvgIpc) is 3.49. The van der Waals surface area contributed by atoms with Gasteiger partial charge in [-0.3, -0.25) is 24.6 Å². The molecule has 34 heavy (non-hydrogen) atoms. The Hall–Kier alpha value is -4.32. The van der Waals surface area contributed by atoms with Gasteiger partial charge in [0.2, 0.25) is 5.78 Å². The number of Topliss-reactive ketones (excluding diaryl/α,β-unsaturated/α-hetero) is 1. The van der Waals surface area contributed by atoms with Crippen LogP contribution in [0.25, 0.3) is 0 Å². The number of carbonyl (C=O) groups excluding carboxylic acids is 3.